The summed E-state index contributed by atoms with van der Waals surface area (Å²) in [5.74, 6) is 1.69. The topological polar surface area (TPSA) is 137 Å². The second kappa shape index (κ2) is 9.19. The minimum Gasteiger partial charge on any atom is -0.454 e. The molecule has 3 aromatic rings. The van der Waals surface area contributed by atoms with Crippen LogP contribution in [0.3, 0.4) is 0 Å². The molecule has 0 aliphatic carbocycles. The number of hydrogen-bond donors (Lipinski definition) is 2. The standard InChI is InChI=1S/C24H22Cl2N4O5S/c1-3-11(2)21-20-23(22(30-21)19-14(25)8-13(9-15(19)26)36(27,32)33)28-18(29-24(20)31)7-12-4-5-16-17(6-12)35-10-34-16/h4-6,8-9,11,22H,3,7,10H2,1-2H3,(H2,27,32,33)(H,28,29,31). The van der Waals surface area contributed by atoms with Crippen molar-refractivity contribution in [2.24, 2.45) is 16.0 Å². The highest BCUT2D eigenvalue weighted by Crippen LogP contribution is 2.42. The summed E-state index contributed by atoms with van der Waals surface area (Å²) in [6.07, 6.45) is 1.07. The molecule has 12 heteroatoms. The van der Waals surface area contributed by atoms with Crippen molar-refractivity contribution in [1.82, 2.24) is 9.97 Å². The number of H-pyrrole nitrogens is 1. The number of nitrogens with zero attached hydrogens (tertiary/aromatic N) is 2. The van der Waals surface area contributed by atoms with Gasteiger partial charge in [0.25, 0.3) is 5.56 Å². The number of rotatable bonds is 6. The van der Waals surface area contributed by atoms with Gasteiger partial charge in [0.15, 0.2) is 11.5 Å². The number of sulfonamides is 1. The molecule has 0 radical (unpaired) electrons. The van der Waals surface area contributed by atoms with Crippen molar-refractivity contribution in [1.29, 1.82) is 0 Å². The molecule has 1 aromatic heterocycles. The summed E-state index contributed by atoms with van der Waals surface area (Å²) < 4.78 is 34.5. The van der Waals surface area contributed by atoms with Gasteiger partial charge in [-0.1, -0.05) is 43.1 Å². The molecular formula is C24H22Cl2N4O5S. The fourth-order valence-corrected chi connectivity index (χ4v) is 5.72. The molecule has 0 bridgehead atoms. The van der Waals surface area contributed by atoms with Gasteiger partial charge in [-0.15, -0.1) is 0 Å². The van der Waals surface area contributed by atoms with Crippen molar-refractivity contribution >= 4 is 38.9 Å². The molecule has 2 aliphatic heterocycles. The van der Waals surface area contributed by atoms with E-state index in [1.165, 1.54) is 12.1 Å². The van der Waals surface area contributed by atoms with Gasteiger partial charge in [0.05, 0.1) is 21.9 Å². The highest BCUT2D eigenvalue weighted by atomic mass is 35.5. The number of aromatic amines is 1. The maximum Gasteiger partial charge on any atom is 0.260 e. The van der Waals surface area contributed by atoms with Gasteiger partial charge in [0.1, 0.15) is 11.9 Å². The summed E-state index contributed by atoms with van der Waals surface area (Å²) in [4.78, 5) is 25.5. The number of fused-ring (bicyclic) bond motifs is 2. The van der Waals surface area contributed by atoms with E-state index in [9.17, 15) is 13.2 Å². The van der Waals surface area contributed by atoms with Crippen LogP contribution >= 0.6 is 23.2 Å². The van der Waals surface area contributed by atoms with Crippen molar-refractivity contribution in [2.75, 3.05) is 6.79 Å². The lowest BCUT2D eigenvalue weighted by atomic mass is 9.96. The Balaban J connectivity index is 1.62. The quantitative estimate of drug-likeness (QED) is 0.477. The fraction of sp³-hybridized carbons (Fsp3) is 0.292. The first-order valence-electron chi connectivity index (χ1n) is 11.2. The highest BCUT2D eigenvalue weighted by Gasteiger charge is 2.36. The Morgan fingerprint density at radius 1 is 1.17 bits per heavy atom. The van der Waals surface area contributed by atoms with Crippen LogP contribution in [0.1, 0.15) is 54.5 Å². The summed E-state index contributed by atoms with van der Waals surface area (Å²) in [6.45, 7) is 4.13. The van der Waals surface area contributed by atoms with E-state index in [1.807, 2.05) is 32.0 Å². The summed E-state index contributed by atoms with van der Waals surface area (Å²) in [6, 6.07) is 7.20. The van der Waals surface area contributed by atoms with Gasteiger partial charge in [-0.3, -0.25) is 9.79 Å². The zero-order valence-electron chi connectivity index (χ0n) is 19.3. The Morgan fingerprint density at radius 3 is 2.53 bits per heavy atom. The molecule has 2 atom stereocenters. The molecule has 2 aromatic carbocycles. The number of hydrogen-bond acceptors (Lipinski definition) is 7. The van der Waals surface area contributed by atoms with Crippen molar-refractivity contribution in [2.45, 2.75) is 37.6 Å². The van der Waals surface area contributed by atoms with Gasteiger partial charge in [0, 0.05) is 22.0 Å². The van der Waals surface area contributed by atoms with Crippen LogP contribution in [0.15, 0.2) is 45.0 Å². The van der Waals surface area contributed by atoms with Crippen LogP contribution in [-0.2, 0) is 16.4 Å². The van der Waals surface area contributed by atoms with E-state index in [4.69, 9.17) is 47.8 Å². The van der Waals surface area contributed by atoms with Gasteiger partial charge >= 0.3 is 0 Å². The summed E-state index contributed by atoms with van der Waals surface area (Å²) in [7, 11) is -4.02. The van der Waals surface area contributed by atoms with E-state index in [0.717, 1.165) is 12.0 Å². The Bertz CT molecular complexity index is 1560. The van der Waals surface area contributed by atoms with E-state index in [-0.39, 0.29) is 33.2 Å². The molecule has 5 rings (SSSR count). The van der Waals surface area contributed by atoms with Crippen LogP contribution in [0.4, 0.5) is 0 Å². The fourth-order valence-electron chi connectivity index (χ4n) is 4.33. The number of aliphatic imine (C=N–C) groups is 1. The van der Waals surface area contributed by atoms with Crippen molar-refractivity contribution in [3.8, 4) is 11.5 Å². The first kappa shape index (κ1) is 24.8. The van der Waals surface area contributed by atoms with Crippen LogP contribution < -0.4 is 20.2 Å². The molecule has 0 saturated carbocycles. The molecular weight excluding hydrogens is 527 g/mol. The van der Waals surface area contributed by atoms with E-state index >= 15 is 0 Å². The predicted molar refractivity (Wildman–Crippen MR) is 136 cm³/mol. The zero-order chi connectivity index (χ0) is 25.8. The molecule has 9 nitrogen and oxygen atoms in total. The highest BCUT2D eigenvalue weighted by molar-refractivity contribution is 7.89. The first-order chi connectivity index (χ1) is 17.1. The largest absolute Gasteiger partial charge is 0.454 e. The Hall–Kier alpha value is -2.92. The molecule has 3 N–H and O–H groups in total. The maximum absolute atomic E-state index is 13.3. The monoisotopic (exact) mass is 548 g/mol. The zero-order valence-corrected chi connectivity index (χ0v) is 21.7. The third-order valence-corrected chi connectivity index (χ3v) is 7.84. The van der Waals surface area contributed by atoms with Crippen LogP contribution in [0, 0.1) is 5.92 Å². The lowest BCUT2D eigenvalue weighted by molar-refractivity contribution is 0.174. The summed E-state index contributed by atoms with van der Waals surface area (Å²) >= 11 is 13.0. The number of primary sulfonamides is 1. The molecule has 3 heterocycles. The second-order valence-corrected chi connectivity index (χ2v) is 11.1. The SMILES string of the molecule is CCC(C)C1=NC(c2c(Cl)cc(S(N)(=O)=O)cc2Cl)c2nc(Cc3ccc4c(c3)OCO4)[nH]c(=O)c21. The molecule has 36 heavy (non-hydrogen) atoms. The van der Waals surface area contributed by atoms with Crippen LogP contribution in [0.25, 0.3) is 0 Å². The minimum atomic E-state index is -4.02. The van der Waals surface area contributed by atoms with E-state index in [0.29, 0.717) is 46.3 Å². The average Bonchev–Trinajstić information content (AvgIpc) is 3.42. The van der Waals surface area contributed by atoms with E-state index in [2.05, 4.69) is 4.98 Å². The van der Waals surface area contributed by atoms with Gasteiger partial charge in [-0.05, 0) is 42.2 Å². The van der Waals surface area contributed by atoms with E-state index < -0.39 is 16.1 Å². The molecule has 2 aliphatic rings. The number of benzene rings is 2. The van der Waals surface area contributed by atoms with Crippen LogP contribution in [0.2, 0.25) is 10.0 Å². The smallest absolute Gasteiger partial charge is 0.260 e. The second-order valence-electron chi connectivity index (χ2n) is 8.71. The Labute approximate surface area is 217 Å². The lowest BCUT2D eigenvalue weighted by Gasteiger charge is -2.15. The first-order valence-corrected chi connectivity index (χ1v) is 13.5. The average molecular weight is 549 g/mol. The molecule has 0 spiro atoms. The maximum atomic E-state index is 13.3. The number of nitrogens with one attached hydrogen (secondary N) is 1. The van der Waals surface area contributed by atoms with Crippen LogP contribution in [0.5, 0.6) is 11.5 Å². The Morgan fingerprint density at radius 2 is 1.86 bits per heavy atom. The lowest BCUT2D eigenvalue weighted by Crippen LogP contribution is -2.25. The molecule has 2 unspecified atom stereocenters. The summed E-state index contributed by atoms with van der Waals surface area (Å²) in [5.41, 5.74) is 2.31. The normalized spacial score (nSPS) is 17.1. The number of aromatic nitrogens is 2. The molecule has 0 amide bonds. The van der Waals surface area contributed by atoms with Crippen LogP contribution in [-0.4, -0.2) is 30.9 Å². The van der Waals surface area contributed by atoms with Gasteiger partial charge in [-0.2, -0.15) is 0 Å². The third-order valence-electron chi connectivity index (χ3n) is 6.32. The minimum absolute atomic E-state index is 0.0300. The van der Waals surface area contributed by atoms with Crippen molar-refractivity contribution < 1.29 is 17.9 Å². The Kier molecular flexibility index (Phi) is 6.32. The number of halogens is 2. The predicted octanol–water partition coefficient (Wildman–Crippen LogP) is 3.98. The molecule has 188 valence electrons. The summed E-state index contributed by atoms with van der Waals surface area (Å²) in [5, 5.41) is 5.39. The van der Waals surface area contributed by atoms with E-state index in [1.54, 1.807) is 0 Å². The third kappa shape index (κ3) is 4.39. The van der Waals surface area contributed by atoms with Gasteiger partial charge in [-0.25, -0.2) is 18.5 Å². The molecule has 0 fully saturated rings. The van der Waals surface area contributed by atoms with Crippen molar-refractivity contribution in [3.63, 3.8) is 0 Å². The number of nitrogens with two attached hydrogens (primary N) is 1. The number of ether oxygens (including phenoxy) is 2. The molecule has 0 saturated heterocycles. The van der Waals surface area contributed by atoms with Crippen molar-refractivity contribution in [3.05, 3.63) is 78.9 Å². The van der Waals surface area contributed by atoms with Gasteiger partial charge in [0.2, 0.25) is 16.8 Å². The van der Waals surface area contributed by atoms with Gasteiger partial charge < -0.3 is 14.5 Å².